The third-order valence-electron chi connectivity index (χ3n) is 2.86. The van der Waals surface area contributed by atoms with E-state index >= 15 is 0 Å². The van der Waals surface area contributed by atoms with Crippen LogP contribution in [0.2, 0.25) is 5.02 Å². The molecule has 6 heteroatoms. The molecule has 96 valence electrons. The smallest absolute Gasteiger partial charge is 0.339 e. The van der Waals surface area contributed by atoms with Gasteiger partial charge in [0.1, 0.15) is 5.56 Å². The third kappa shape index (κ3) is 2.63. The van der Waals surface area contributed by atoms with Crippen molar-refractivity contribution in [1.29, 1.82) is 0 Å². The fourth-order valence-corrected chi connectivity index (χ4v) is 2.23. The monoisotopic (exact) mass is 268 g/mol. The quantitative estimate of drug-likeness (QED) is 0.780. The van der Waals surface area contributed by atoms with Crippen molar-refractivity contribution >= 4 is 29.2 Å². The Balaban J connectivity index is 2.20. The molecule has 0 bridgehead atoms. The van der Waals surface area contributed by atoms with Gasteiger partial charge in [-0.2, -0.15) is 0 Å². The van der Waals surface area contributed by atoms with Crippen molar-refractivity contribution in [2.24, 2.45) is 0 Å². The zero-order valence-electron chi connectivity index (χ0n) is 9.57. The molecule has 1 aromatic carbocycles. The number of rotatable bonds is 3. The predicted molar refractivity (Wildman–Crippen MR) is 68.1 cm³/mol. The minimum Gasteiger partial charge on any atom is -0.478 e. The highest BCUT2D eigenvalue weighted by Gasteiger charge is 2.24. The zero-order valence-corrected chi connectivity index (χ0v) is 10.3. The van der Waals surface area contributed by atoms with Crippen LogP contribution in [-0.4, -0.2) is 29.6 Å². The molecule has 1 fully saturated rings. The van der Waals surface area contributed by atoms with Crippen LogP contribution in [0.25, 0.3) is 0 Å². The molecule has 0 aromatic heterocycles. The molecule has 1 amide bonds. The second-order valence-electron chi connectivity index (χ2n) is 4.11. The van der Waals surface area contributed by atoms with Crippen molar-refractivity contribution in [1.82, 2.24) is 5.32 Å². The van der Waals surface area contributed by atoms with E-state index in [-0.39, 0.29) is 28.2 Å². The summed E-state index contributed by atoms with van der Waals surface area (Å²) in [7, 11) is 0. The molecule has 0 spiro atoms. The van der Waals surface area contributed by atoms with Crippen LogP contribution in [0, 0.1) is 0 Å². The molecule has 1 aliphatic heterocycles. The Morgan fingerprint density at radius 1 is 1.44 bits per heavy atom. The second kappa shape index (κ2) is 5.37. The first-order valence-corrected chi connectivity index (χ1v) is 6.03. The van der Waals surface area contributed by atoms with E-state index in [0.29, 0.717) is 0 Å². The maximum Gasteiger partial charge on any atom is 0.339 e. The first-order chi connectivity index (χ1) is 8.59. The van der Waals surface area contributed by atoms with Crippen molar-refractivity contribution in [3.05, 3.63) is 28.8 Å². The standard InChI is InChI=1S/C12H13ClN2O3/c13-7-3-1-4-8(10(7)12(17)18)15-11(16)9-5-2-6-14-9/h1,3-4,9,14H,2,5-6H2,(H,15,16)(H,17,18). The number of anilines is 1. The van der Waals surface area contributed by atoms with Gasteiger partial charge in [-0.25, -0.2) is 4.79 Å². The summed E-state index contributed by atoms with van der Waals surface area (Å²) in [6, 6.07) is 4.36. The largest absolute Gasteiger partial charge is 0.478 e. The van der Waals surface area contributed by atoms with Crippen LogP contribution in [0.1, 0.15) is 23.2 Å². The summed E-state index contributed by atoms with van der Waals surface area (Å²) in [4.78, 5) is 23.0. The van der Waals surface area contributed by atoms with Gasteiger partial charge in [0.2, 0.25) is 5.91 Å². The van der Waals surface area contributed by atoms with E-state index in [2.05, 4.69) is 10.6 Å². The number of amides is 1. The normalized spacial score (nSPS) is 18.6. The van der Waals surface area contributed by atoms with Gasteiger partial charge in [-0.05, 0) is 31.5 Å². The zero-order chi connectivity index (χ0) is 13.1. The van der Waals surface area contributed by atoms with E-state index in [1.54, 1.807) is 6.07 Å². The number of halogens is 1. The van der Waals surface area contributed by atoms with Gasteiger partial charge in [-0.1, -0.05) is 17.7 Å². The molecule has 1 heterocycles. The number of carboxylic acid groups (broad SMARTS) is 1. The summed E-state index contributed by atoms with van der Waals surface area (Å²) < 4.78 is 0. The highest BCUT2D eigenvalue weighted by Crippen LogP contribution is 2.24. The molecule has 0 saturated carbocycles. The maximum absolute atomic E-state index is 11.9. The van der Waals surface area contributed by atoms with Crippen LogP contribution in [0.15, 0.2) is 18.2 Å². The maximum atomic E-state index is 11.9. The van der Waals surface area contributed by atoms with Crippen molar-refractivity contribution in [3.63, 3.8) is 0 Å². The molecular formula is C12H13ClN2O3. The summed E-state index contributed by atoms with van der Waals surface area (Å²) in [6.07, 6.45) is 1.70. The molecule has 2 rings (SSSR count). The number of hydrogen-bond acceptors (Lipinski definition) is 3. The Bertz CT molecular complexity index is 484. The molecule has 1 atom stereocenters. The molecule has 1 unspecified atom stereocenters. The Morgan fingerprint density at radius 2 is 2.22 bits per heavy atom. The number of aromatic carboxylic acids is 1. The number of nitrogens with one attached hydrogen (secondary N) is 2. The minimum absolute atomic E-state index is 0.0782. The van der Waals surface area contributed by atoms with Gasteiger partial charge in [0, 0.05) is 0 Å². The Hall–Kier alpha value is -1.59. The van der Waals surface area contributed by atoms with Gasteiger partial charge in [0.15, 0.2) is 0 Å². The Kier molecular flexibility index (Phi) is 3.84. The molecule has 1 aromatic rings. The van der Waals surface area contributed by atoms with Crippen molar-refractivity contribution in [3.8, 4) is 0 Å². The van der Waals surface area contributed by atoms with Crippen LogP contribution >= 0.6 is 11.6 Å². The van der Waals surface area contributed by atoms with Gasteiger partial charge in [-0.3, -0.25) is 4.79 Å². The molecule has 0 aliphatic carbocycles. The molecule has 0 radical (unpaired) electrons. The van der Waals surface area contributed by atoms with Gasteiger partial charge < -0.3 is 15.7 Å². The van der Waals surface area contributed by atoms with Crippen LogP contribution in [-0.2, 0) is 4.79 Å². The number of carbonyl (C=O) groups excluding carboxylic acids is 1. The molecule has 5 nitrogen and oxygen atoms in total. The van der Waals surface area contributed by atoms with Crippen LogP contribution in [0.4, 0.5) is 5.69 Å². The van der Waals surface area contributed by atoms with Gasteiger partial charge >= 0.3 is 5.97 Å². The summed E-state index contributed by atoms with van der Waals surface area (Å²) in [6.45, 7) is 0.805. The highest BCUT2D eigenvalue weighted by atomic mass is 35.5. The topological polar surface area (TPSA) is 78.4 Å². The Labute approximate surface area is 109 Å². The lowest BCUT2D eigenvalue weighted by atomic mass is 10.1. The second-order valence-corrected chi connectivity index (χ2v) is 4.51. The lowest BCUT2D eigenvalue weighted by Gasteiger charge is -2.13. The highest BCUT2D eigenvalue weighted by molar-refractivity contribution is 6.34. The third-order valence-corrected chi connectivity index (χ3v) is 3.18. The van der Waals surface area contributed by atoms with E-state index < -0.39 is 5.97 Å². The molecule has 18 heavy (non-hydrogen) atoms. The van der Waals surface area contributed by atoms with Crippen molar-refractivity contribution in [2.45, 2.75) is 18.9 Å². The predicted octanol–water partition coefficient (Wildman–Crippen LogP) is 1.73. The SMILES string of the molecule is O=C(O)c1c(Cl)cccc1NC(=O)C1CCCN1. The molecule has 1 aliphatic rings. The fourth-order valence-electron chi connectivity index (χ4n) is 1.97. The van der Waals surface area contributed by atoms with Crippen LogP contribution in [0.3, 0.4) is 0 Å². The summed E-state index contributed by atoms with van der Waals surface area (Å²) in [5.74, 6) is -1.38. The summed E-state index contributed by atoms with van der Waals surface area (Å²) >= 11 is 5.82. The summed E-state index contributed by atoms with van der Waals surface area (Å²) in [5, 5.41) is 14.8. The van der Waals surface area contributed by atoms with E-state index in [0.717, 1.165) is 19.4 Å². The number of carboxylic acids is 1. The molecular weight excluding hydrogens is 256 g/mol. The minimum atomic E-state index is -1.16. The van der Waals surface area contributed by atoms with Crippen molar-refractivity contribution in [2.75, 3.05) is 11.9 Å². The van der Waals surface area contributed by atoms with E-state index in [1.165, 1.54) is 12.1 Å². The lowest BCUT2D eigenvalue weighted by Crippen LogP contribution is -2.35. The van der Waals surface area contributed by atoms with E-state index in [1.807, 2.05) is 0 Å². The van der Waals surface area contributed by atoms with E-state index in [9.17, 15) is 9.59 Å². The van der Waals surface area contributed by atoms with E-state index in [4.69, 9.17) is 16.7 Å². The fraction of sp³-hybridized carbons (Fsp3) is 0.333. The number of hydrogen-bond donors (Lipinski definition) is 3. The van der Waals surface area contributed by atoms with Gasteiger partial charge in [0.25, 0.3) is 0 Å². The van der Waals surface area contributed by atoms with Crippen LogP contribution < -0.4 is 10.6 Å². The number of carbonyl (C=O) groups is 2. The average molecular weight is 269 g/mol. The first kappa shape index (κ1) is 12.9. The summed E-state index contributed by atoms with van der Waals surface area (Å²) in [5.41, 5.74) is 0.152. The molecule has 1 saturated heterocycles. The van der Waals surface area contributed by atoms with Gasteiger partial charge in [-0.15, -0.1) is 0 Å². The number of benzene rings is 1. The average Bonchev–Trinajstić information content (AvgIpc) is 2.81. The molecule has 3 N–H and O–H groups in total. The first-order valence-electron chi connectivity index (χ1n) is 5.65. The lowest BCUT2D eigenvalue weighted by molar-refractivity contribution is -0.117. The van der Waals surface area contributed by atoms with Crippen LogP contribution in [0.5, 0.6) is 0 Å². The van der Waals surface area contributed by atoms with Crippen molar-refractivity contribution < 1.29 is 14.7 Å². The Morgan fingerprint density at radius 3 is 2.83 bits per heavy atom. The van der Waals surface area contributed by atoms with Gasteiger partial charge in [0.05, 0.1) is 16.8 Å².